The molecule has 1 fully saturated rings. The molecule has 1 N–H and O–H groups in total. The number of pyridine rings is 1. The molecule has 0 amide bonds. The van der Waals surface area contributed by atoms with Crippen LogP contribution in [0.1, 0.15) is 6.42 Å². The van der Waals surface area contributed by atoms with Crippen molar-refractivity contribution in [2.45, 2.75) is 18.6 Å². The number of nitrogens with one attached hydrogen (secondary N) is 1. The van der Waals surface area contributed by atoms with Crippen LogP contribution in [0.15, 0.2) is 30.7 Å². The average molecular weight is 333 g/mol. The van der Waals surface area contributed by atoms with E-state index in [1.165, 1.54) is 25.6 Å². The Bertz CT molecular complexity index is 673. The number of hydrogen-bond acceptors (Lipinski definition) is 7. The predicted molar refractivity (Wildman–Crippen MR) is 87.8 cm³/mol. The van der Waals surface area contributed by atoms with Gasteiger partial charge in [-0.25, -0.2) is 14.4 Å². The Morgan fingerprint density at radius 3 is 2.92 bits per heavy atom. The molecule has 24 heavy (non-hydrogen) atoms. The molecule has 0 saturated carbocycles. The number of aromatic nitrogens is 3. The van der Waals surface area contributed by atoms with Crippen molar-refractivity contribution < 1.29 is 13.9 Å². The predicted octanol–water partition coefficient (Wildman–Crippen LogP) is 1.73. The van der Waals surface area contributed by atoms with Crippen LogP contribution in [0.5, 0.6) is 5.88 Å². The largest absolute Gasteiger partial charge is 0.481 e. The minimum atomic E-state index is -0.411. The van der Waals surface area contributed by atoms with Crippen molar-refractivity contribution in [3.8, 4) is 5.88 Å². The smallest absolute Gasteiger partial charge is 0.215 e. The molecular weight excluding hydrogens is 313 g/mol. The third kappa shape index (κ3) is 3.53. The summed E-state index contributed by atoms with van der Waals surface area (Å²) in [6.45, 7) is 1.24. The van der Waals surface area contributed by atoms with E-state index in [9.17, 15) is 4.39 Å². The number of anilines is 2. The molecule has 3 heterocycles. The Hall–Kier alpha value is -2.48. The maximum Gasteiger partial charge on any atom is 0.215 e. The molecule has 1 aliphatic rings. The highest BCUT2D eigenvalue weighted by molar-refractivity contribution is 5.43. The summed E-state index contributed by atoms with van der Waals surface area (Å²) in [5, 5.41) is 3.07. The first-order valence-corrected chi connectivity index (χ1v) is 7.71. The maximum atomic E-state index is 13.9. The molecule has 2 aromatic heterocycles. The molecule has 1 saturated heterocycles. The van der Waals surface area contributed by atoms with Crippen molar-refractivity contribution in [1.29, 1.82) is 0 Å². The fraction of sp³-hybridized carbons (Fsp3) is 0.438. The maximum absolute atomic E-state index is 13.9. The molecule has 2 atom stereocenters. The van der Waals surface area contributed by atoms with E-state index in [-0.39, 0.29) is 18.0 Å². The minimum Gasteiger partial charge on any atom is -0.481 e. The van der Waals surface area contributed by atoms with E-state index >= 15 is 0 Å². The number of methoxy groups -OCH3 is 2. The lowest BCUT2D eigenvalue weighted by Crippen LogP contribution is -2.36. The quantitative estimate of drug-likeness (QED) is 0.863. The number of ether oxygens (including phenoxy) is 2. The Labute approximate surface area is 139 Å². The molecule has 1 aliphatic heterocycles. The van der Waals surface area contributed by atoms with Gasteiger partial charge in [0.15, 0.2) is 11.6 Å². The van der Waals surface area contributed by atoms with Crippen LogP contribution < -0.4 is 15.0 Å². The van der Waals surface area contributed by atoms with Gasteiger partial charge in [0.05, 0.1) is 19.3 Å². The highest BCUT2D eigenvalue weighted by atomic mass is 19.1. The van der Waals surface area contributed by atoms with Gasteiger partial charge in [-0.15, -0.1) is 0 Å². The summed E-state index contributed by atoms with van der Waals surface area (Å²) in [5.74, 6) is 0.965. The summed E-state index contributed by atoms with van der Waals surface area (Å²) in [5.41, 5.74) is 0. The summed E-state index contributed by atoms with van der Waals surface area (Å²) < 4.78 is 24.4. The van der Waals surface area contributed by atoms with Crippen LogP contribution in [0.4, 0.5) is 16.0 Å². The van der Waals surface area contributed by atoms with Gasteiger partial charge in [0, 0.05) is 32.5 Å². The van der Waals surface area contributed by atoms with E-state index in [4.69, 9.17) is 9.47 Å². The van der Waals surface area contributed by atoms with Crippen LogP contribution in [0.3, 0.4) is 0 Å². The van der Waals surface area contributed by atoms with Crippen molar-refractivity contribution in [3.63, 3.8) is 0 Å². The second-order valence-corrected chi connectivity index (χ2v) is 5.53. The summed E-state index contributed by atoms with van der Waals surface area (Å²) in [4.78, 5) is 14.5. The SMILES string of the molecule is COc1ccc(F)c(NC[C@H]2C[C@@H](OC)CN2c2ccncn2)n1. The van der Waals surface area contributed by atoms with Crippen LogP contribution in [-0.2, 0) is 4.74 Å². The van der Waals surface area contributed by atoms with E-state index in [1.54, 1.807) is 13.3 Å². The van der Waals surface area contributed by atoms with Gasteiger partial charge in [-0.2, -0.15) is 4.98 Å². The van der Waals surface area contributed by atoms with E-state index in [1.807, 2.05) is 6.07 Å². The van der Waals surface area contributed by atoms with Crippen LogP contribution in [0, 0.1) is 5.82 Å². The zero-order chi connectivity index (χ0) is 16.9. The van der Waals surface area contributed by atoms with Gasteiger partial charge in [0.25, 0.3) is 0 Å². The lowest BCUT2D eigenvalue weighted by atomic mass is 10.2. The van der Waals surface area contributed by atoms with Gasteiger partial charge in [0.1, 0.15) is 12.1 Å². The first-order valence-electron chi connectivity index (χ1n) is 7.71. The molecule has 0 unspecified atom stereocenters. The lowest BCUT2D eigenvalue weighted by molar-refractivity contribution is 0.118. The normalized spacial score (nSPS) is 20.2. The number of halogens is 1. The van der Waals surface area contributed by atoms with Gasteiger partial charge >= 0.3 is 0 Å². The van der Waals surface area contributed by atoms with E-state index < -0.39 is 5.82 Å². The van der Waals surface area contributed by atoms with Crippen LogP contribution in [-0.4, -0.2) is 54.4 Å². The van der Waals surface area contributed by atoms with Crippen LogP contribution >= 0.6 is 0 Å². The highest BCUT2D eigenvalue weighted by Crippen LogP contribution is 2.26. The van der Waals surface area contributed by atoms with Crippen molar-refractivity contribution in [1.82, 2.24) is 15.0 Å². The summed E-state index contributed by atoms with van der Waals surface area (Å²) in [7, 11) is 3.20. The van der Waals surface area contributed by atoms with E-state index in [2.05, 4.69) is 25.2 Å². The second-order valence-electron chi connectivity index (χ2n) is 5.53. The molecule has 7 nitrogen and oxygen atoms in total. The van der Waals surface area contributed by atoms with Crippen LogP contribution in [0.25, 0.3) is 0 Å². The summed E-state index contributed by atoms with van der Waals surface area (Å²) >= 11 is 0. The fourth-order valence-electron chi connectivity index (χ4n) is 2.85. The van der Waals surface area contributed by atoms with Crippen molar-refractivity contribution in [2.24, 2.45) is 0 Å². The second kappa shape index (κ2) is 7.39. The van der Waals surface area contributed by atoms with E-state index in [0.717, 1.165) is 18.8 Å². The Kier molecular flexibility index (Phi) is 5.05. The average Bonchev–Trinajstić information content (AvgIpc) is 3.05. The molecule has 8 heteroatoms. The fourth-order valence-corrected chi connectivity index (χ4v) is 2.85. The Morgan fingerprint density at radius 2 is 2.21 bits per heavy atom. The number of nitrogens with zero attached hydrogens (tertiary/aromatic N) is 4. The van der Waals surface area contributed by atoms with Crippen molar-refractivity contribution in [3.05, 3.63) is 36.5 Å². The monoisotopic (exact) mass is 333 g/mol. The third-order valence-corrected chi connectivity index (χ3v) is 4.10. The molecule has 0 spiro atoms. The lowest BCUT2D eigenvalue weighted by Gasteiger charge is -2.25. The Morgan fingerprint density at radius 1 is 1.33 bits per heavy atom. The molecule has 3 rings (SSSR count). The molecule has 0 radical (unpaired) electrons. The minimum absolute atomic E-state index is 0.106. The summed E-state index contributed by atoms with van der Waals surface area (Å²) in [6, 6.07) is 4.79. The highest BCUT2D eigenvalue weighted by Gasteiger charge is 2.33. The van der Waals surface area contributed by atoms with Crippen LogP contribution in [0.2, 0.25) is 0 Å². The molecule has 0 aliphatic carbocycles. The molecule has 128 valence electrons. The first-order chi connectivity index (χ1) is 11.7. The Balaban J connectivity index is 1.73. The van der Waals surface area contributed by atoms with E-state index in [0.29, 0.717) is 12.4 Å². The molecular formula is C16H20FN5O2. The van der Waals surface area contributed by atoms with Crippen molar-refractivity contribution >= 4 is 11.6 Å². The number of rotatable bonds is 6. The standard InChI is InChI=1S/C16H20FN5O2/c1-23-12-7-11(22(9-12)14-5-6-18-10-20-14)8-19-16-13(17)3-4-15(21-16)24-2/h3-6,10-12H,7-9H2,1-2H3,(H,19,21)/t11-,12-/m1/s1. The molecule has 0 aromatic carbocycles. The zero-order valence-electron chi connectivity index (χ0n) is 13.6. The van der Waals surface area contributed by atoms with Gasteiger partial charge in [-0.05, 0) is 18.6 Å². The number of hydrogen-bond donors (Lipinski definition) is 1. The van der Waals surface area contributed by atoms with Gasteiger partial charge in [0.2, 0.25) is 5.88 Å². The summed E-state index contributed by atoms with van der Waals surface area (Å²) in [6.07, 6.45) is 4.15. The third-order valence-electron chi connectivity index (χ3n) is 4.10. The van der Waals surface area contributed by atoms with Gasteiger partial charge < -0.3 is 19.7 Å². The van der Waals surface area contributed by atoms with Crippen molar-refractivity contribution in [2.75, 3.05) is 37.5 Å². The first kappa shape index (κ1) is 16.4. The molecule has 0 bridgehead atoms. The van der Waals surface area contributed by atoms with Gasteiger partial charge in [-0.1, -0.05) is 0 Å². The topological polar surface area (TPSA) is 72.4 Å². The van der Waals surface area contributed by atoms with Gasteiger partial charge in [-0.3, -0.25) is 0 Å². The zero-order valence-corrected chi connectivity index (χ0v) is 13.6. The molecule has 2 aromatic rings.